The minimum Gasteiger partial charge on any atom is -0.302 e. The van der Waals surface area contributed by atoms with Gasteiger partial charge in [0.25, 0.3) is 0 Å². The lowest BCUT2D eigenvalue weighted by Crippen LogP contribution is -2.33. The first-order valence-electron chi connectivity index (χ1n) is 4.90. The standard InChI is InChI=1S/C11H11F3INO/c12-11(13,14)7-16-6-10(17)5-8-1-3-9(15)4-2-8/h1-4,16H,5-7H2. The van der Waals surface area contributed by atoms with Gasteiger partial charge in [0.15, 0.2) is 5.78 Å². The Hall–Kier alpha value is -0.630. The second-order valence-corrected chi connectivity index (χ2v) is 4.81. The molecule has 0 atom stereocenters. The summed E-state index contributed by atoms with van der Waals surface area (Å²) in [5, 5.41) is 2.08. The maximum absolute atomic E-state index is 11.8. The summed E-state index contributed by atoms with van der Waals surface area (Å²) in [4.78, 5) is 11.4. The van der Waals surface area contributed by atoms with Gasteiger partial charge < -0.3 is 5.32 Å². The molecular weight excluding hydrogens is 346 g/mol. The van der Waals surface area contributed by atoms with Crippen molar-refractivity contribution in [1.29, 1.82) is 0 Å². The Labute approximate surface area is 111 Å². The minimum atomic E-state index is -4.27. The summed E-state index contributed by atoms with van der Waals surface area (Å²) in [6.45, 7) is -1.39. The van der Waals surface area contributed by atoms with E-state index in [9.17, 15) is 18.0 Å². The number of carbonyl (C=O) groups is 1. The topological polar surface area (TPSA) is 29.1 Å². The summed E-state index contributed by atoms with van der Waals surface area (Å²) in [6.07, 6.45) is -4.12. The van der Waals surface area contributed by atoms with Crippen LogP contribution in [-0.4, -0.2) is 25.0 Å². The second kappa shape index (κ2) is 6.34. The predicted octanol–water partition coefficient (Wildman–Crippen LogP) is 2.55. The molecule has 6 heteroatoms. The van der Waals surface area contributed by atoms with Crippen molar-refractivity contribution in [1.82, 2.24) is 5.32 Å². The van der Waals surface area contributed by atoms with E-state index in [0.717, 1.165) is 9.13 Å². The van der Waals surface area contributed by atoms with Crippen molar-refractivity contribution in [3.05, 3.63) is 33.4 Å². The molecule has 0 fully saturated rings. The van der Waals surface area contributed by atoms with Crippen LogP contribution in [0.4, 0.5) is 13.2 Å². The van der Waals surface area contributed by atoms with Crippen LogP contribution in [0.15, 0.2) is 24.3 Å². The molecule has 0 bridgehead atoms. The van der Waals surface area contributed by atoms with Crippen LogP contribution in [0, 0.1) is 3.57 Å². The number of halogens is 4. The third-order valence-corrected chi connectivity index (χ3v) is 2.68. The second-order valence-electron chi connectivity index (χ2n) is 3.56. The van der Waals surface area contributed by atoms with Crippen LogP contribution < -0.4 is 5.32 Å². The fourth-order valence-electron chi connectivity index (χ4n) is 1.24. The molecule has 0 spiro atoms. The van der Waals surface area contributed by atoms with E-state index in [-0.39, 0.29) is 18.7 Å². The lowest BCUT2D eigenvalue weighted by atomic mass is 10.1. The summed E-state index contributed by atoms with van der Waals surface area (Å²) >= 11 is 2.14. The summed E-state index contributed by atoms with van der Waals surface area (Å²) in [5.74, 6) is -0.254. The van der Waals surface area contributed by atoms with E-state index in [1.165, 1.54) is 0 Å². The quantitative estimate of drug-likeness (QED) is 0.821. The van der Waals surface area contributed by atoms with Crippen molar-refractivity contribution in [3.8, 4) is 0 Å². The van der Waals surface area contributed by atoms with Crippen molar-refractivity contribution in [2.75, 3.05) is 13.1 Å². The van der Waals surface area contributed by atoms with E-state index in [1.807, 2.05) is 12.1 Å². The molecule has 0 saturated heterocycles. The van der Waals surface area contributed by atoms with E-state index in [4.69, 9.17) is 0 Å². The average molecular weight is 357 g/mol. The van der Waals surface area contributed by atoms with Crippen molar-refractivity contribution in [3.63, 3.8) is 0 Å². The van der Waals surface area contributed by atoms with Crippen LogP contribution in [0.5, 0.6) is 0 Å². The molecule has 1 N–H and O–H groups in total. The Morgan fingerprint density at radius 1 is 1.24 bits per heavy atom. The summed E-state index contributed by atoms with van der Waals surface area (Å²) in [6, 6.07) is 7.30. The molecule has 0 aromatic heterocycles. The molecular formula is C11H11F3INO. The Bertz CT molecular complexity index is 375. The smallest absolute Gasteiger partial charge is 0.302 e. The first-order valence-corrected chi connectivity index (χ1v) is 5.98. The predicted molar refractivity (Wildman–Crippen MR) is 66.8 cm³/mol. The number of alkyl halides is 3. The van der Waals surface area contributed by atoms with Gasteiger partial charge >= 0.3 is 6.18 Å². The van der Waals surface area contributed by atoms with Crippen LogP contribution in [0.2, 0.25) is 0 Å². The minimum absolute atomic E-state index is 0.155. The number of ketones is 1. The van der Waals surface area contributed by atoms with E-state index in [1.54, 1.807) is 12.1 Å². The number of Topliss-reactive ketones (excluding diaryl/α,β-unsaturated/α-hetero) is 1. The molecule has 0 radical (unpaired) electrons. The highest BCUT2D eigenvalue weighted by Crippen LogP contribution is 2.12. The Balaban J connectivity index is 2.32. The van der Waals surface area contributed by atoms with E-state index >= 15 is 0 Å². The van der Waals surface area contributed by atoms with E-state index in [2.05, 4.69) is 27.9 Å². The van der Waals surface area contributed by atoms with Gasteiger partial charge in [0.05, 0.1) is 13.1 Å². The van der Waals surface area contributed by atoms with Crippen LogP contribution in [-0.2, 0) is 11.2 Å². The fourth-order valence-corrected chi connectivity index (χ4v) is 1.60. The molecule has 0 unspecified atom stereocenters. The van der Waals surface area contributed by atoms with Crippen LogP contribution in [0.3, 0.4) is 0 Å². The first-order chi connectivity index (χ1) is 7.87. The first kappa shape index (κ1) is 14.4. The highest BCUT2D eigenvalue weighted by molar-refractivity contribution is 14.1. The summed E-state index contributed by atoms with van der Waals surface area (Å²) in [5.41, 5.74) is 0.809. The maximum atomic E-state index is 11.8. The largest absolute Gasteiger partial charge is 0.401 e. The summed E-state index contributed by atoms with van der Waals surface area (Å²) < 4.78 is 36.5. The zero-order chi connectivity index (χ0) is 12.9. The molecule has 0 aliphatic heterocycles. The van der Waals surface area contributed by atoms with Gasteiger partial charge in [-0.15, -0.1) is 0 Å². The third kappa shape index (κ3) is 6.62. The Kier molecular flexibility index (Phi) is 5.38. The monoisotopic (exact) mass is 357 g/mol. The van der Waals surface area contributed by atoms with Gasteiger partial charge in [-0.3, -0.25) is 4.79 Å². The highest BCUT2D eigenvalue weighted by Gasteiger charge is 2.26. The van der Waals surface area contributed by atoms with Gasteiger partial charge in [-0.2, -0.15) is 13.2 Å². The van der Waals surface area contributed by atoms with E-state index < -0.39 is 12.7 Å². The summed E-state index contributed by atoms with van der Waals surface area (Å²) in [7, 11) is 0. The molecule has 0 amide bonds. The van der Waals surface area contributed by atoms with Crippen molar-refractivity contribution in [2.45, 2.75) is 12.6 Å². The van der Waals surface area contributed by atoms with Crippen molar-refractivity contribution in [2.24, 2.45) is 0 Å². The molecule has 94 valence electrons. The molecule has 1 aromatic carbocycles. The van der Waals surface area contributed by atoms with Crippen LogP contribution >= 0.6 is 22.6 Å². The fraction of sp³-hybridized carbons (Fsp3) is 0.364. The van der Waals surface area contributed by atoms with Gasteiger partial charge in [-0.25, -0.2) is 0 Å². The van der Waals surface area contributed by atoms with Gasteiger partial charge in [-0.05, 0) is 40.3 Å². The van der Waals surface area contributed by atoms with Crippen molar-refractivity contribution < 1.29 is 18.0 Å². The lowest BCUT2D eigenvalue weighted by molar-refractivity contribution is -0.127. The number of benzene rings is 1. The molecule has 0 saturated carbocycles. The van der Waals surface area contributed by atoms with Gasteiger partial charge in [-0.1, -0.05) is 12.1 Å². The van der Waals surface area contributed by atoms with Gasteiger partial charge in [0.1, 0.15) is 0 Å². The molecule has 0 aliphatic rings. The Morgan fingerprint density at radius 2 is 1.82 bits per heavy atom. The number of hydrogen-bond acceptors (Lipinski definition) is 2. The molecule has 0 heterocycles. The van der Waals surface area contributed by atoms with Crippen LogP contribution in [0.25, 0.3) is 0 Å². The Morgan fingerprint density at radius 3 is 2.35 bits per heavy atom. The molecule has 1 aromatic rings. The lowest BCUT2D eigenvalue weighted by Gasteiger charge is -2.07. The number of nitrogens with one attached hydrogen (secondary N) is 1. The zero-order valence-electron chi connectivity index (χ0n) is 8.85. The number of hydrogen-bond donors (Lipinski definition) is 1. The van der Waals surface area contributed by atoms with Crippen molar-refractivity contribution >= 4 is 28.4 Å². The normalized spacial score (nSPS) is 11.5. The average Bonchev–Trinajstić information content (AvgIpc) is 2.19. The maximum Gasteiger partial charge on any atom is 0.401 e. The molecule has 0 aliphatic carbocycles. The third-order valence-electron chi connectivity index (χ3n) is 1.96. The highest BCUT2D eigenvalue weighted by atomic mass is 127. The number of carbonyl (C=O) groups excluding carboxylic acids is 1. The SMILES string of the molecule is O=C(CNCC(F)(F)F)Cc1ccc(I)cc1. The van der Waals surface area contributed by atoms with E-state index in [0.29, 0.717) is 0 Å². The molecule has 1 rings (SSSR count). The molecule has 17 heavy (non-hydrogen) atoms. The molecule has 2 nitrogen and oxygen atoms in total. The van der Waals surface area contributed by atoms with Gasteiger partial charge in [0.2, 0.25) is 0 Å². The zero-order valence-corrected chi connectivity index (χ0v) is 11.0. The van der Waals surface area contributed by atoms with Crippen LogP contribution in [0.1, 0.15) is 5.56 Å². The number of rotatable bonds is 5. The van der Waals surface area contributed by atoms with Gasteiger partial charge in [0, 0.05) is 9.99 Å².